The molecule has 1 unspecified atom stereocenters. The number of aromatic nitrogens is 2. The third-order valence-electron chi connectivity index (χ3n) is 15.6. The second-order valence-corrected chi connectivity index (χ2v) is 22.4. The minimum atomic E-state index is 0.0463. The van der Waals surface area contributed by atoms with Crippen LogP contribution in [0.15, 0.2) is 18.7 Å². The molecule has 1 heterocycles. The molecule has 0 radical (unpaired) electrons. The van der Waals surface area contributed by atoms with E-state index in [1.54, 1.807) is 0 Å². The maximum absolute atomic E-state index is 13.2. The highest BCUT2D eigenvalue weighted by Gasteiger charge is 2.16. The summed E-state index contributed by atoms with van der Waals surface area (Å²) in [5.74, 6) is 0.938. The van der Waals surface area contributed by atoms with E-state index in [2.05, 4.69) is 55.6 Å². The van der Waals surface area contributed by atoms with Gasteiger partial charge in [0.05, 0.1) is 13.1 Å². The second-order valence-electron chi connectivity index (χ2n) is 22.4. The van der Waals surface area contributed by atoms with Gasteiger partial charge in [0.25, 0.3) is 0 Å². The standard InChI is InChI=1S/C64H125N2O2/c1-5-9-13-16-19-22-24-26-28-30-32-34-36-38-41-44-51-62(52-45-42-39-37-35-33-31-29-27-25-23-20-17-14-10-6-2)53-47-48-55-63(54-46-43-40-21-18-15-11-7-3)68-64(67)56-49-50-58-66-60-59-65(61-66)57-12-8-4/h59-63H,5-58H2,1-4H3/q+1. The maximum Gasteiger partial charge on any atom is 0.306 e. The molecule has 0 aliphatic heterocycles. The first-order valence-electron chi connectivity index (χ1n) is 31.9. The van der Waals surface area contributed by atoms with Crippen LogP contribution in [-0.2, 0) is 22.6 Å². The zero-order chi connectivity index (χ0) is 48.9. The Labute approximate surface area is 428 Å². The third kappa shape index (κ3) is 45.8. The lowest BCUT2D eigenvalue weighted by atomic mass is 9.89. The number of hydrogen-bond acceptors (Lipinski definition) is 2. The normalized spacial score (nSPS) is 12.2. The molecule has 1 atom stereocenters. The molecule has 0 spiro atoms. The Hall–Kier alpha value is -1.32. The van der Waals surface area contributed by atoms with Crippen LogP contribution >= 0.6 is 0 Å². The van der Waals surface area contributed by atoms with E-state index in [0.29, 0.717) is 6.42 Å². The van der Waals surface area contributed by atoms with E-state index in [4.69, 9.17) is 4.74 Å². The van der Waals surface area contributed by atoms with Crippen LogP contribution in [-0.4, -0.2) is 16.6 Å². The summed E-state index contributed by atoms with van der Waals surface area (Å²) in [4.78, 5) is 13.2. The Morgan fingerprint density at radius 3 is 1.06 bits per heavy atom. The van der Waals surface area contributed by atoms with E-state index in [0.717, 1.165) is 44.7 Å². The van der Waals surface area contributed by atoms with Crippen molar-refractivity contribution in [3.8, 4) is 0 Å². The predicted molar refractivity (Wildman–Crippen MR) is 301 cm³/mol. The topological polar surface area (TPSA) is 35.1 Å². The first-order valence-corrected chi connectivity index (χ1v) is 31.9. The molecule has 0 bridgehead atoms. The lowest BCUT2D eigenvalue weighted by Crippen LogP contribution is -2.31. The molecule has 0 aromatic carbocycles. The quantitative estimate of drug-likeness (QED) is 0.0370. The average Bonchev–Trinajstić information content (AvgIpc) is 3.81. The molecule has 0 fully saturated rings. The van der Waals surface area contributed by atoms with Gasteiger partial charge in [-0.05, 0) is 50.9 Å². The van der Waals surface area contributed by atoms with Crippen LogP contribution < -0.4 is 4.57 Å². The summed E-state index contributed by atoms with van der Waals surface area (Å²) in [6.45, 7) is 11.3. The van der Waals surface area contributed by atoms with Crippen LogP contribution in [0, 0.1) is 5.92 Å². The van der Waals surface area contributed by atoms with Gasteiger partial charge in [-0.1, -0.05) is 310 Å². The van der Waals surface area contributed by atoms with E-state index in [1.165, 1.54) is 302 Å². The van der Waals surface area contributed by atoms with Crippen molar-refractivity contribution in [2.45, 2.75) is 381 Å². The van der Waals surface area contributed by atoms with Gasteiger partial charge in [-0.25, -0.2) is 9.13 Å². The number of unbranched alkanes of at least 4 members (excludes halogenated alkanes) is 40. The highest BCUT2D eigenvalue weighted by molar-refractivity contribution is 5.69. The number of esters is 1. The zero-order valence-corrected chi connectivity index (χ0v) is 47.3. The van der Waals surface area contributed by atoms with Crippen molar-refractivity contribution in [1.29, 1.82) is 0 Å². The van der Waals surface area contributed by atoms with Crippen molar-refractivity contribution in [2.24, 2.45) is 5.92 Å². The zero-order valence-electron chi connectivity index (χ0n) is 47.3. The first-order chi connectivity index (χ1) is 33.6. The molecule has 0 N–H and O–H groups in total. The molecular weight excluding hydrogens is 829 g/mol. The van der Waals surface area contributed by atoms with Gasteiger partial charge in [0.15, 0.2) is 0 Å². The molecule has 0 amide bonds. The largest absolute Gasteiger partial charge is 0.462 e. The number of carbonyl (C=O) groups excluding carboxylic acids is 1. The second kappa shape index (κ2) is 53.5. The smallest absolute Gasteiger partial charge is 0.306 e. The molecule has 0 saturated carbocycles. The van der Waals surface area contributed by atoms with Crippen molar-refractivity contribution in [3.63, 3.8) is 0 Å². The number of ether oxygens (including phenoxy) is 1. The van der Waals surface area contributed by atoms with Crippen molar-refractivity contribution < 1.29 is 14.1 Å². The fourth-order valence-corrected chi connectivity index (χ4v) is 10.8. The summed E-state index contributed by atoms with van der Waals surface area (Å²) in [5.41, 5.74) is 0. The molecule has 0 aliphatic carbocycles. The predicted octanol–water partition coefficient (Wildman–Crippen LogP) is 21.7. The van der Waals surface area contributed by atoms with Crippen molar-refractivity contribution in [1.82, 2.24) is 4.57 Å². The Bertz CT molecular complexity index is 1080. The summed E-state index contributed by atoms with van der Waals surface area (Å²) < 4.78 is 10.9. The van der Waals surface area contributed by atoms with Crippen LogP contribution in [0.4, 0.5) is 0 Å². The lowest BCUT2D eigenvalue weighted by molar-refractivity contribution is -0.696. The van der Waals surface area contributed by atoms with Gasteiger partial charge in [-0.3, -0.25) is 4.79 Å². The number of imidazole rings is 1. The SMILES string of the molecule is CCCCCCCCCCCCCCCCCCC(CCCCCCCCCCCCCCCCCC)CCCCC(CCCCCCCCCC)OC(=O)CCCC[n+]1ccn(CCCC)c1. The molecule has 4 nitrogen and oxygen atoms in total. The van der Waals surface area contributed by atoms with Gasteiger partial charge in [0.2, 0.25) is 6.33 Å². The van der Waals surface area contributed by atoms with Crippen LogP contribution in [0.3, 0.4) is 0 Å². The molecule has 1 rings (SSSR count). The number of nitrogens with zero attached hydrogens (tertiary/aromatic N) is 2. The monoisotopic (exact) mass is 954 g/mol. The molecule has 402 valence electrons. The Balaban J connectivity index is 2.48. The Morgan fingerprint density at radius 1 is 0.382 bits per heavy atom. The number of hydrogen-bond donors (Lipinski definition) is 0. The van der Waals surface area contributed by atoms with Gasteiger partial charge in [-0.15, -0.1) is 0 Å². The summed E-state index contributed by atoms with van der Waals surface area (Å²) in [6.07, 6.45) is 77.6. The fraction of sp³-hybridized carbons (Fsp3) is 0.938. The van der Waals surface area contributed by atoms with E-state index in [-0.39, 0.29) is 12.1 Å². The summed E-state index contributed by atoms with van der Waals surface area (Å²) in [6, 6.07) is 0. The first kappa shape index (κ1) is 64.7. The average molecular weight is 955 g/mol. The summed E-state index contributed by atoms with van der Waals surface area (Å²) >= 11 is 0. The van der Waals surface area contributed by atoms with Gasteiger partial charge >= 0.3 is 5.97 Å². The Kier molecular flexibility index (Phi) is 50.9. The van der Waals surface area contributed by atoms with Crippen LogP contribution in [0.25, 0.3) is 0 Å². The highest BCUT2D eigenvalue weighted by Crippen LogP contribution is 2.26. The number of rotatable bonds is 57. The van der Waals surface area contributed by atoms with E-state index in [1.807, 2.05) is 0 Å². The van der Waals surface area contributed by atoms with Gasteiger partial charge < -0.3 is 4.74 Å². The lowest BCUT2D eigenvalue weighted by Gasteiger charge is -2.20. The molecule has 4 heteroatoms. The molecular formula is C64H125N2O2+. The van der Waals surface area contributed by atoms with Crippen molar-refractivity contribution in [2.75, 3.05) is 0 Å². The number of aryl methyl sites for hydroxylation is 2. The van der Waals surface area contributed by atoms with E-state index < -0.39 is 0 Å². The summed E-state index contributed by atoms with van der Waals surface area (Å²) in [7, 11) is 0. The maximum atomic E-state index is 13.2. The molecule has 1 aromatic rings. The third-order valence-corrected chi connectivity index (χ3v) is 15.6. The fourth-order valence-electron chi connectivity index (χ4n) is 10.8. The Morgan fingerprint density at radius 2 is 0.691 bits per heavy atom. The number of carbonyl (C=O) groups is 1. The molecule has 0 aliphatic rings. The van der Waals surface area contributed by atoms with E-state index >= 15 is 0 Å². The van der Waals surface area contributed by atoms with Crippen LogP contribution in [0.2, 0.25) is 0 Å². The minimum absolute atomic E-state index is 0.0463. The highest BCUT2D eigenvalue weighted by atomic mass is 16.5. The van der Waals surface area contributed by atoms with Crippen LogP contribution in [0.1, 0.15) is 362 Å². The van der Waals surface area contributed by atoms with Gasteiger partial charge in [0.1, 0.15) is 18.5 Å². The van der Waals surface area contributed by atoms with Crippen molar-refractivity contribution in [3.05, 3.63) is 18.7 Å². The van der Waals surface area contributed by atoms with Gasteiger partial charge in [0, 0.05) is 6.42 Å². The molecule has 68 heavy (non-hydrogen) atoms. The minimum Gasteiger partial charge on any atom is -0.462 e. The van der Waals surface area contributed by atoms with Gasteiger partial charge in [-0.2, -0.15) is 0 Å². The van der Waals surface area contributed by atoms with Crippen LogP contribution in [0.5, 0.6) is 0 Å². The van der Waals surface area contributed by atoms with E-state index in [9.17, 15) is 4.79 Å². The molecule has 1 aromatic heterocycles. The summed E-state index contributed by atoms with van der Waals surface area (Å²) in [5, 5.41) is 0. The van der Waals surface area contributed by atoms with Crippen molar-refractivity contribution >= 4 is 5.97 Å². The molecule has 0 saturated heterocycles.